The molecule has 0 aliphatic heterocycles. The first-order chi connectivity index (χ1) is 10.3. The van der Waals surface area contributed by atoms with E-state index in [1.54, 1.807) is 0 Å². The van der Waals surface area contributed by atoms with E-state index in [1.165, 1.54) is 59.5 Å². The third-order valence-corrected chi connectivity index (χ3v) is 6.19. The minimum Gasteiger partial charge on any atom is -0.355 e. The lowest BCUT2D eigenvalue weighted by Crippen LogP contribution is -2.11. The van der Waals surface area contributed by atoms with Gasteiger partial charge in [0.05, 0.1) is 0 Å². The fourth-order valence-corrected chi connectivity index (χ4v) is 4.55. The van der Waals surface area contributed by atoms with Gasteiger partial charge in [-0.25, -0.2) is 0 Å². The molecule has 1 N–H and O–H groups in total. The summed E-state index contributed by atoms with van der Waals surface area (Å²) in [7, 11) is 0. The molecule has 108 valence electrons. The summed E-state index contributed by atoms with van der Waals surface area (Å²) in [6.45, 7) is 0. The van der Waals surface area contributed by atoms with Crippen molar-refractivity contribution in [1.29, 1.82) is 0 Å². The van der Waals surface area contributed by atoms with Crippen LogP contribution in [0.15, 0.2) is 42.5 Å². The quantitative estimate of drug-likeness (QED) is 0.523. The molecule has 2 heteroatoms. The molecule has 3 aromatic rings. The number of aromatic amines is 1. The van der Waals surface area contributed by atoms with Gasteiger partial charge in [0.1, 0.15) is 0 Å². The molecule has 1 aliphatic rings. The van der Waals surface area contributed by atoms with Crippen LogP contribution in [0.3, 0.4) is 0 Å². The van der Waals surface area contributed by atoms with Crippen molar-refractivity contribution in [2.75, 3.05) is 0 Å². The molecule has 1 heterocycles. The molecule has 0 radical (unpaired) electrons. The Labute approximate surface area is 133 Å². The van der Waals surface area contributed by atoms with Crippen LogP contribution in [0.2, 0.25) is 0 Å². The minimum atomic E-state index is 0.496. The van der Waals surface area contributed by atoms with E-state index in [-0.39, 0.29) is 0 Å². The van der Waals surface area contributed by atoms with Crippen LogP contribution in [0, 0.1) is 5.92 Å². The Morgan fingerprint density at radius 1 is 0.905 bits per heavy atom. The zero-order chi connectivity index (χ0) is 14.2. The van der Waals surface area contributed by atoms with Crippen LogP contribution < -0.4 is 0 Å². The van der Waals surface area contributed by atoms with E-state index in [4.69, 9.17) is 0 Å². The van der Waals surface area contributed by atoms with Crippen LogP contribution in [0.4, 0.5) is 0 Å². The number of nitrogens with one attached hydrogen (secondary N) is 1. The molecule has 1 unspecified atom stereocenters. The van der Waals surface area contributed by atoms with Crippen molar-refractivity contribution >= 4 is 37.7 Å². The molecule has 1 atom stereocenters. The summed E-state index contributed by atoms with van der Waals surface area (Å²) in [5, 5.41) is 2.68. The second kappa shape index (κ2) is 5.49. The summed E-state index contributed by atoms with van der Waals surface area (Å²) >= 11 is 3.98. The van der Waals surface area contributed by atoms with E-state index in [1.807, 2.05) is 0 Å². The maximum absolute atomic E-state index is 3.98. The first-order valence-electron chi connectivity index (χ1n) is 7.97. The molecule has 0 bridgehead atoms. The number of alkyl halides is 1. The lowest BCUT2D eigenvalue weighted by Gasteiger charge is -2.26. The smallest absolute Gasteiger partial charge is 0.0465 e. The molecule has 4 rings (SSSR count). The van der Waals surface area contributed by atoms with Gasteiger partial charge in [-0.3, -0.25) is 0 Å². The maximum atomic E-state index is 3.98. The van der Waals surface area contributed by atoms with Gasteiger partial charge in [-0.05, 0) is 42.5 Å². The second-order valence-corrected chi connectivity index (χ2v) is 7.26. The van der Waals surface area contributed by atoms with Crippen molar-refractivity contribution in [1.82, 2.24) is 4.98 Å². The van der Waals surface area contributed by atoms with Gasteiger partial charge in [0.2, 0.25) is 0 Å². The number of hydrogen-bond donors (Lipinski definition) is 1. The molecule has 2 aromatic carbocycles. The van der Waals surface area contributed by atoms with Gasteiger partial charge in [0.15, 0.2) is 0 Å². The highest BCUT2D eigenvalue weighted by molar-refractivity contribution is 9.09. The van der Waals surface area contributed by atoms with Gasteiger partial charge in [0.25, 0.3) is 0 Å². The summed E-state index contributed by atoms with van der Waals surface area (Å²) < 4.78 is 0. The van der Waals surface area contributed by atoms with Crippen LogP contribution in [0.25, 0.3) is 21.8 Å². The van der Waals surface area contributed by atoms with Crippen LogP contribution in [0.1, 0.15) is 42.5 Å². The van der Waals surface area contributed by atoms with E-state index >= 15 is 0 Å². The average molecular weight is 342 g/mol. The fraction of sp³-hybridized carbons (Fsp3) is 0.368. The molecule has 1 fully saturated rings. The summed E-state index contributed by atoms with van der Waals surface area (Å²) in [4.78, 5) is 4.00. The van der Waals surface area contributed by atoms with Crippen molar-refractivity contribution in [3.8, 4) is 0 Å². The lowest BCUT2D eigenvalue weighted by molar-refractivity contribution is 0.355. The van der Waals surface area contributed by atoms with Gasteiger partial charge >= 0.3 is 0 Å². The Hall–Kier alpha value is -1.28. The highest BCUT2D eigenvalue weighted by Gasteiger charge is 2.23. The van der Waals surface area contributed by atoms with Crippen molar-refractivity contribution in [2.45, 2.75) is 36.9 Å². The molecular weight excluding hydrogens is 322 g/mol. The molecule has 21 heavy (non-hydrogen) atoms. The van der Waals surface area contributed by atoms with Gasteiger partial charge in [-0.15, -0.1) is 0 Å². The standard InChI is InChI=1S/C19H20BrN/c20-19(13-6-2-1-3-7-13)14-10-11-18-16(12-14)15-8-4-5-9-17(15)21-18/h4-5,8-13,19,21H,1-3,6-7H2. The number of para-hydroxylation sites is 1. The molecule has 1 aliphatic carbocycles. The summed E-state index contributed by atoms with van der Waals surface area (Å²) in [5.41, 5.74) is 3.90. The Balaban J connectivity index is 1.76. The van der Waals surface area contributed by atoms with Crippen LogP contribution in [-0.2, 0) is 0 Å². The largest absolute Gasteiger partial charge is 0.355 e. The molecule has 0 amide bonds. The molecule has 1 aromatic heterocycles. The van der Waals surface area contributed by atoms with E-state index in [0.29, 0.717) is 4.83 Å². The maximum Gasteiger partial charge on any atom is 0.0465 e. The van der Waals surface area contributed by atoms with Gasteiger partial charge in [0, 0.05) is 26.6 Å². The zero-order valence-electron chi connectivity index (χ0n) is 12.1. The third-order valence-electron chi connectivity index (χ3n) is 4.91. The van der Waals surface area contributed by atoms with Crippen molar-refractivity contribution in [3.05, 3.63) is 48.0 Å². The number of fused-ring (bicyclic) bond motifs is 3. The predicted molar refractivity (Wildman–Crippen MR) is 94.0 cm³/mol. The van der Waals surface area contributed by atoms with Gasteiger partial charge in [-0.1, -0.05) is 59.5 Å². The third kappa shape index (κ3) is 2.40. The van der Waals surface area contributed by atoms with E-state index < -0.39 is 0 Å². The molecule has 1 saturated carbocycles. The van der Waals surface area contributed by atoms with E-state index in [0.717, 1.165) is 5.92 Å². The number of halogens is 1. The average Bonchev–Trinajstić information content (AvgIpc) is 2.93. The minimum absolute atomic E-state index is 0.496. The SMILES string of the molecule is BrC(c1ccc2[nH]c3ccccc3c2c1)C1CCCCC1. The van der Waals surface area contributed by atoms with Crippen LogP contribution in [-0.4, -0.2) is 4.98 Å². The van der Waals surface area contributed by atoms with Crippen molar-refractivity contribution in [2.24, 2.45) is 5.92 Å². The highest BCUT2D eigenvalue weighted by Crippen LogP contribution is 2.41. The number of rotatable bonds is 2. The number of aromatic nitrogens is 1. The fourth-order valence-electron chi connectivity index (χ4n) is 3.74. The van der Waals surface area contributed by atoms with Gasteiger partial charge < -0.3 is 4.98 Å². The van der Waals surface area contributed by atoms with E-state index in [2.05, 4.69) is 63.4 Å². The summed E-state index contributed by atoms with van der Waals surface area (Å²) in [6.07, 6.45) is 6.92. The predicted octanol–water partition coefficient (Wildman–Crippen LogP) is 6.34. The molecule has 0 saturated heterocycles. The first-order valence-corrected chi connectivity index (χ1v) is 8.89. The molecule has 0 spiro atoms. The normalized spacial score (nSPS) is 18.3. The topological polar surface area (TPSA) is 15.8 Å². The first kappa shape index (κ1) is 13.4. The number of H-pyrrole nitrogens is 1. The Morgan fingerprint density at radius 3 is 2.52 bits per heavy atom. The van der Waals surface area contributed by atoms with Crippen molar-refractivity contribution in [3.63, 3.8) is 0 Å². The van der Waals surface area contributed by atoms with Crippen molar-refractivity contribution < 1.29 is 0 Å². The zero-order valence-corrected chi connectivity index (χ0v) is 13.7. The van der Waals surface area contributed by atoms with Crippen LogP contribution >= 0.6 is 15.9 Å². The Bertz CT molecular complexity index is 767. The molecule has 1 nitrogen and oxygen atoms in total. The Morgan fingerprint density at radius 2 is 1.67 bits per heavy atom. The number of hydrogen-bond acceptors (Lipinski definition) is 0. The summed E-state index contributed by atoms with van der Waals surface area (Å²) in [5.74, 6) is 0.793. The highest BCUT2D eigenvalue weighted by atomic mass is 79.9. The van der Waals surface area contributed by atoms with Gasteiger partial charge in [-0.2, -0.15) is 0 Å². The summed E-state index contributed by atoms with van der Waals surface area (Å²) in [6, 6.07) is 15.5. The van der Waals surface area contributed by atoms with E-state index in [9.17, 15) is 0 Å². The van der Waals surface area contributed by atoms with Crippen LogP contribution in [0.5, 0.6) is 0 Å². The number of benzene rings is 2. The molecular formula is C19H20BrN. The monoisotopic (exact) mass is 341 g/mol. The second-order valence-electron chi connectivity index (χ2n) is 6.28. The Kier molecular flexibility index (Phi) is 3.50. The lowest BCUT2D eigenvalue weighted by atomic mass is 9.84.